The summed E-state index contributed by atoms with van der Waals surface area (Å²) in [4.78, 5) is 50.3. The van der Waals surface area contributed by atoms with Crippen molar-refractivity contribution in [3.05, 3.63) is 60.3 Å². The Morgan fingerprint density at radius 3 is 2.60 bits per heavy atom. The van der Waals surface area contributed by atoms with Crippen LogP contribution in [-0.2, 0) is 30.3 Å². The van der Waals surface area contributed by atoms with E-state index in [1.165, 1.54) is 12.2 Å². The summed E-state index contributed by atoms with van der Waals surface area (Å²) in [7, 11) is 1.15. The number of nitrogens with two attached hydrogens (primary N) is 1. The first kappa shape index (κ1) is 22.8. The predicted octanol–water partition coefficient (Wildman–Crippen LogP) is 0.348. The second-order valence-corrected chi connectivity index (χ2v) is 6.66. The third-order valence-corrected chi connectivity index (χ3v) is 4.34. The van der Waals surface area contributed by atoms with E-state index in [-0.39, 0.29) is 37.6 Å². The maximum Gasteiger partial charge on any atom is 0.410 e. The van der Waals surface area contributed by atoms with Gasteiger partial charge in [-0.25, -0.2) is 9.59 Å². The van der Waals surface area contributed by atoms with Crippen molar-refractivity contribution in [1.29, 1.82) is 0 Å². The van der Waals surface area contributed by atoms with E-state index >= 15 is 0 Å². The Balaban J connectivity index is 2.12. The van der Waals surface area contributed by atoms with Gasteiger partial charge in [0.2, 0.25) is 0 Å². The minimum Gasteiger partial charge on any atom is -0.467 e. The summed E-state index contributed by atoms with van der Waals surface area (Å²) in [5.74, 6) is -1.82. The van der Waals surface area contributed by atoms with Gasteiger partial charge in [-0.1, -0.05) is 43.0 Å². The molecule has 1 heterocycles. The standard InChI is InChI=1S/C21H25N3O6/c1-3-9-30-21(28)24-12-15(11-16(25)13-24)23-18(20(27)29-2)19(26)17(22)10-14-7-5-4-6-8-14/h3-8,11,17-18,23H,1,9-10,12-13,22H2,2H3/t17-,18-/m0/s1. The molecule has 0 saturated heterocycles. The van der Waals surface area contributed by atoms with Gasteiger partial charge in [0.15, 0.2) is 17.6 Å². The Morgan fingerprint density at radius 2 is 1.97 bits per heavy atom. The summed E-state index contributed by atoms with van der Waals surface area (Å²) >= 11 is 0. The van der Waals surface area contributed by atoms with Gasteiger partial charge in [-0.3, -0.25) is 14.5 Å². The van der Waals surface area contributed by atoms with E-state index in [0.717, 1.165) is 17.6 Å². The number of amides is 1. The van der Waals surface area contributed by atoms with E-state index in [0.29, 0.717) is 0 Å². The number of methoxy groups -OCH3 is 1. The second kappa shape index (κ2) is 10.9. The van der Waals surface area contributed by atoms with E-state index in [4.69, 9.17) is 15.2 Å². The van der Waals surface area contributed by atoms with Crippen molar-refractivity contribution in [1.82, 2.24) is 10.2 Å². The first-order valence-electron chi connectivity index (χ1n) is 9.29. The van der Waals surface area contributed by atoms with Crippen LogP contribution in [-0.4, -0.2) is 67.4 Å². The van der Waals surface area contributed by atoms with E-state index in [1.54, 1.807) is 0 Å². The number of nitrogens with one attached hydrogen (secondary N) is 1. The molecule has 1 amide bonds. The Kier molecular flexibility index (Phi) is 8.30. The fourth-order valence-corrected chi connectivity index (χ4v) is 2.91. The monoisotopic (exact) mass is 415 g/mol. The molecule has 0 unspecified atom stereocenters. The van der Waals surface area contributed by atoms with Gasteiger partial charge in [-0.2, -0.15) is 0 Å². The van der Waals surface area contributed by atoms with Crippen LogP contribution in [0.1, 0.15) is 5.56 Å². The van der Waals surface area contributed by atoms with E-state index in [9.17, 15) is 19.2 Å². The zero-order chi connectivity index (χ0) is 22.1. The van der Waals surface area contributed by atoms with Crippen LogP contribution >= 0.6 is 0 Å². The molecule has 0 fully saturated rings. The number of esters is 1. The summed E-state index contributed by atoms with van der Waals surface area (Å²) in [6.45, 7) is 3.23. The quantitative estimate of drug-likeness (QED) is 0.336. The van der Waals surface area contributed by atoms with Gasteiger partial charge >= 0.3 is 12.1 Å². The molecule has 1 aromatic rings. The van der Waals surface area contributed by atoms with Crippen LogP contribution in [0, 0.1) is 0 Å². The highest BCUT2D eigenvalue weighted by molar-refractivity contribution is 6.06. The number of rotatable bonds is 9. The molecule has 1 aromatic carbocycles. The normalized spacial score (nSPS) is 15.5. The molecule has 0 aromatic heterocycles. The zero-order valence-electron chi connectivity index (χ0n) is 16.7. The molecule has 2 rings (SSSR count). The summed E-state index contributed by atoms with van der Waals surface area (Å²) < 4.78 is 9.66. The molecule has 9 nitrogen and oxygen atoms in total. The number of ether oxygens (including phenoxy) is 2. The fourth-order valence-electron chi connectivity index (χ4n) is 2.91. The largest absolute Gasteiger partial charge is 0.467 e. The highest BCUT2D eigenvalue weighted by Crippen LogP contribution is 2.11. The van der Waals surface area contributed by atoms with Crippen molar-refractivity contribution in [3.63, 3.8) is 0 Å². The van der Waals surface area contributed by atoms with Crippen molar-refractivity contribution in [3.8, 4) is 0 Å². The number of benzene rings is 1. The Bertz CT molecular complexity index is 836. The zero-order valence-corrected chi connectivity index (χ0v) is 16.7. The number of hydrogen-bond acceptors (Lipinski definition) is 8. The average molecular weight is 415 g/mol. The minimum atomic E-state index is -1.42. The van der Waals surface area contributed by atoms with Crippen molar-refractivity contribution >= 4 is 23.6 Å². The van der Waals surface area contributed by atoms with E-state index in [1.807, 2.05) is 30.3 Å². The average Bonchev–Trinajstić information content (AvgIpc) is 2.75. The Labute approximate surface area is 174 Å². The summed E-state index contributed by atoms with van der Waals surface area (Å²) in [5, 5.41) is 2.71. The number of carbonyl (C=O) groups is 4. The maximum absolute atomic E-state index is 12.8. The number of carbonyl (C=O) groups excluding carboxylic acids is 4. The topological polar surface area (TPSA) is 128 Å². The van der Waals surface area contributed by atoms with Gasteiger partial charge in [-0.05, 0) is 12.0 Å². The molecular formula is C21H25N3O6. The van der Waals surface area contributed by atoms with E-state index < -0.39 is 29.9 Å². The summed E-state index contributed by atoms with van der Waals surface area (Å²) in [5.41, 5.74) is 7.07. The molecule has 2 atom stereocenters. The van der Waals surface area contributed by atoms with Crippen molar-refractivity contribution in [2.75, 3.05) is 26.8 Å². The highest BCUT2D eigenvalue weighted by atomic mass is 16.6. The molecule has 9 heteroatoms. The maximum atomic E-state index is 12.8. The van der Waals surface area contributed by atoms with Crippen LogP contribution < -0.4 is 11.1 Å². The molecule has 0 aliphatic carbocycles. The Hall–Kier alpha value is -3.46. The van der Waals surface area contributed by atoms with Crippen LogP contribution in [0.25, 0.3) is 0 Å². The van der Waals surface area contributed by atoms with Crippen molar-refractivity contribution < 1.29 is 28.7 Å². The molecule has 3 N–H and O–H groups in total. The predicted molar refractivity (Wildman–Crippen MR) is 108 cm³/mol. The van der Waals surface area contributed by atoms with Crippen LogP contribution in [0.15, 0.2) is 54.8 Å². The highest BCUT2D eigenvalue weighted by Gasteiger charge is 2.34. The van der Waals surface area contributed by atoms with Crippen LogP contribution in [0.3, 0.4) is 0 Å². The van der Waals surface area contributed by atoms with Gasteiger partial charge in [0.25, 0.3) is 0 Å². The van der Waals surface area contributed by atoms with Gasteiger partial charge < -0.3 is 20.5 Å². The smallest absolute Gasteiger partial charge is 0.410 e. The molecule has 0 radical (unpaired) electrons. The third kappa shape index (κ3) is 6.28. The van der Waals surface area contributed by atoms with Crippen molar-refractivity contribution in [2.45, 2.75) is 18.5 Å². The SMILES string of the molecule is C=CCOC(=O)N1CC(=O)C=C(N[C@H](C(=O)OC)C(=O)[C@@H](N)Cc2ccccc2)C1. The van der Waals surface area contributed by atoms with Crippen LogP contribution in [0.5, 0.6) is 0 Å². The molecule has 1 aliphatic heterocycles. The van der Waals surface area contributed by atoms with Crippen LogP contribution in [0.4, 0.5) is 4.79 Å². The summed E-state index contributed by atoms with van der Waals surface area (Å²) in [6.07, 6.45) is 2.16. The Morgan fingerprint density at radius 1 is 1.27 bits per heavy atom. The number of Topliss-reactive ketones (excluding diaryl/α,β-unsaturated/α-hetero) is 1. The van der Waals surface area contributed by atoms with Gasteiger partial charge in [0, 0.05) is 11.8 Å². The van der Waals surface area contributed by atoms with E-state index in [2.05, 4.69) is 11.9 Å². The number of ketones is 2. The molecule has 160 valence electrons. The second-order valence-electron chi connectivity index (χ2n) is 6.66. The summed E-state index contributed by atoms with van der Waals surface area (Å²) in [6, 6.07) is 6.73. The van der Waals surface area contributed by atoms with Gasteiger partial charge in [0.1, 0.15) is 6.61 Å². The van der Waals surface area contributed by atoms with Gasteiger partial charge in [0.05, 0.1) is 26.2 Å². The molecule has 30 heavy (non-hydrogen) atoms. The molecule has 0 bridgehead atoms. The third-order valence-electron chi connectivity index (χ3n) is 4.34. The van der Waals surface area contributed by atoms with Gasteiger partial charge in [-0.15, -0.1) is 0 Å². The number of hydrogen-bond donors (Lipinski definition) is 2. The lowest BCUT2D eigenvalue weighted by Crippen LogP contribution is -2.53. The fraction of sp³-hybridized carbons (Fsp3) is 0.333. The first-order valence-corrected chi connectivity index (χ1v) is 9.29. The van der Waals surface area contributed by atoms with Crippen LogP contribution in [0.2, 0.25) is 0 Å². The molecule has 0 saturated carbocycles. The lowest BCUT2D eigenvalue weighted by Gasteiger charge is -2.28. The molecular weight excluding hydrogens is 390 g/mol. The lowest BCUT2D eigenvalue weighted by atomic mass is 9.98. The minimum absolute atomic E-state index is 0.00634. The molecule has 0 spiro atoms. The number of nitrogens with zero attached hydrogens (tertiary/aromatic N) is 1. The van der Waals surface area contributed by atoms with Crippen molar-refractivity contribution in [2.24, 2.45) is 5.73 Å². The lowest BCUT2D eigenvalue weighted by molar-refractivity contribution is -0.146. The molecule has 1 aliphatic rings. The first-order chi connectivity index (χ1) is 14.3.